The van der Waals surface area contributed by atoms with Crippen molar-refractivity contribution in [2.45, 2.75) is 13.8 Å². The number of aryl methyl sites for hydroxylation is 1. The van der Waals surface area contributed by atoms with E-state index in [0.717, 1.165) is 33.4 Å². The van der Waals surface area contributed by atoms with E-state index in [2.05, 4.69) is 34.1 Å². The van der Waals surface area contributed by atoms with Crippen LogP contribution in [0, 0.1) is 25.2 Å². The molecule has 5 nitrogen and oxygen atoms in total. The van der Waals surface area contributed by atoms with E-state index >= 15 is 0 Å². The number of nitrogens with one attached hydrogen (secondary N) is 1. The Balaban J connectivity index is 1.72. The number of fused-ring (bicyclic) bond motifs is 1. The first-order valence-corrected chi connectivity index (χ1v) is 9.87. The van der Waals surface area contributed by atoms with Crippen molar-refractivity contribution in [3.63, 3.8) is 0 Å². The maximum atomic E-state index is 12.6. The lowest BCUT2D eigenvalue weighted by Gasteiger charge is -2.13. The molecule has 31 heavy (non-hydrogen) atoms. The average Bonchev–Trinajstić information content (AvgIpc) is 3.05. The van der Waals surface area contributed by atoms with Crippen LogP contribution in [0.3, 0.4) is 0 Å². The molecule has 152 valence electrons. The standard InChI is InChI=1S/C26H21N3O2/c1-17-14-20(15-21(16-27)26(31)28-22-10-12-23(30)13-11-22)18(2)29(17)25-9-5-7-19-6-3-4-8-24(19)25/h3-15,30H,1-2H3,(H,28,31)/b21-15-. The fourth-order valence-electron chi connectivity index (χ4n) is 3.76. The number of anilines is 1. The van der Waals surface area contributed by atoms with Crippen molar-refractivity contribution in [3.05, 3.63) is 95.3 Å². The molecule has 3 aromatic carbocycles. The van der Waals surface area contributed by atoms with Crippen molar-refractivity contribution in [3.8, 4) is 17.5 Å². The lowest BCUT2D eigenvalue weighted by molar-refractivity contribution is -0.112. The summed E-state index contributed by atoms with van der Waals surface area (Å²) < 4.78 is 2.14. The zero-order valence-corrected chi connectivity index (χ0v) is 17.3. The van der Waals surface area contributed by atoms with E-state index in [1.165, 1.54) is 12.1 Å². The SMILES string of the molecule is Cc1cc(/C=C(/C#N)C(=O)Nc2ccc(O)cc2)c(C)n1-c1cccc2ccccc12. The molecule has 0 bridgehead atoms. The second-order valence-electron chi connectivity index (χ2n) is 7.33. The number of phenols is 1. The van der Waals surface area contributed by atoms with Gasteiger partial charge in [-0.1, -0.05) is 36.4 Å². The number of nitrogens with zero attached hydrogens (tertiary/aromatic N) is 2. The fraction of sp³-hybridized carbons (Fsp3) is 0.0769. The molecule has 0 saturated carbocycles. The first-order valence-electron chi connectivity index (χ1n) is 9.87. The minimum absolute atomic E-state index is 0.00578. The molecular formula is C26H21N3O2. The van der Waals surface area contributed by atoms with Crippen LogP contribution in [0.2, 0.25) is 0 Å². The van der Waals surface area contributed by atoms with Gasteiger partial charge in [-0.15, -0.1) is 0 Å². The van der Waals surface area contributed by atoms with Gasteiger partial charge in [-0.05, 0) is 67.3 Å². The molecular weight excluding hydrogens is 386 g/mol. The molecule has 1 heterocycles. The third-order valence-corrected chi connectivity index (χ3v) is 5.27. The molecule has 1 amide bonds. The quantitative estimate of drug-likeness (QED) is 0.266. The van der Waals surface area contributed by atoms with Crippen molar-refractivity contribution in [1.82, 2.24) is 4.57 Å². The minimum Gasteiger partial charge on any atom is -0.508 e. The molecule has 4 rings (SSSR count). The average molecular weight is 407 g/mol. The van der Waals surface area contributed by atoms with E-state index in [1.807, 2.05) is 44.2 Å². The van der Waals surface area contributed by atoms with Gasteiger partial charge in [0, 0.05) is 22.5 Å². The number of benzene rings is 3. The molecule has 0 saturated heterocycles. The molecule has 0 unspecified atom stereocenters. The summed E-state index contributed by atoms with van der Waals surface area (Å²) >= 11 is 0. The van der Waals surface area contributed by atoms with Gasteiger partial charge >= 0.3 is 0 Å². The Bertz CT molecular complexity index is 1350. The largest absolute Gasteiger partial charge is 0.508 e. The topological polar surface area (TPSA) is 78.1 Å². The zero-order chi connectivity index (χ0) is 22.0. The highest BCUT2D eigenvalue weighted by atomic mass is 16.3. The first-order chi connectivity index (χ1) is 15.0. The molecule has 0 fully saturated rings. The second kappa shape index (κ2) is 8.21. The molecule has 0 aliphatic carbocycles. The Kier molecular flexibility index (Phi) is 5.30. The Labute approximate surface area is 180 Å². The summed E-state index contributed by atoms with van der Waals surface area (Å²) in [5.41, 5.74) is 4.33. The third-order valence-electron chi connectivity index (χ3n) is 5.27. The van der Waals surface area contributed by atoms with Gasteiger partial charge in [0.15, 0.2) is 0 Å². The van der Waals surface area contributed by atoms with E-state index < -0.39 is 5.91 Å². The number of aromatic nitrogens is 1. The van der Waals surface area contributed by atoms with E-state index in [1.54, 1.807) is 18.2 Å². The summed E-state index contributed by atoms with van der Waals surface area (Å²) in [6.45, 7) is 3.99. The highest BCUT2D eigenvalue weighted by Gasteiger charge is 2.15. The van der Waals surface area contributed by atoms with Gasteiger partial charge in [-0.3, -0.25) is 4.79 Å². The Morgan fingerprint density at radius 3 is 2.48 bits per heavy atom. The molecule has 0 aliphatic heterocycles. The summed E-state index contributed by atoms with van der Waals surface area (Å²) in [6.07, 6.45) is 1.61. The molecule has 5 heteroatoms. The molecule has 0 atom stereocenters. The van der Waals surface area contributed by atoms with Gasteiger partial charge in [0.05, 0.1) is 5.69 Å². The predicted molar refractivity (Wildman–Crippen MR) is 123 cm³/mol. The fourth-order valence-corrected chi connectivity index (χ4v) is 3.76. The van der Waals surface area contributed by atoms with Crippen molar-refractivity contribution >= 4 is 28.4 Å². The van der Waals surface area contributed by atoms with Crippen LogP contribution >= 0.6 is 0 Å². The number of rotatable bonds is 4. The van der Waals surface area contributed by atoms with Crippen molar-refractivity contribution in [2.75, 3.05) is 5.32 Å². The smallest absolute Gasteiger partial charge is 0.266 e. The summed E-state index contributed by atoms with van der Waals surface area (Å²) in [7, 11) is 0. The molecule has 0 spiro atoms. The zero-order valence-electron chi connectivity index (χ0n) is 17.3. The number of phenolic OH excluding ortho intramolecular Hbond substituents is 1. The van der Waals surface area contributed by atoms with Crippen LogP contribution in [0.4, 0.5) is 5.69 Å². The Hall–Kier alpha value is -4.30. The molecule has 4 aromatic rings. The van der Waals surface area contributed by atoms with Crippen molar-refractivity contribution < 1.29 is 9.90 Å². The van der Waals surface area contributed by atoms with Gasteiger partial charge in [0.25, 0.3) is 5.91 Å². The molecule has 0 aliphatic rings. The molecule has 2 N–H and O–H groups in total. The highest BCUT2D eigenvalue weighted by molar-refractivity contribution is 6.09. The van der Waals surface area contributed by atoms with Gasteiger partial charge in [-0.2, -0.15) is 5.26 Å². The number of carbonyl (C=O) groups excluding carboxylic acids is 1. The summed E-state index contributed by atoms with van der Waals surface area (Å²) in [6, 6.07) is 24.4. The molecule has 1 aromatic heterocycles. The maximum Gasteiger partial charge on any atom is 0.266 e. The van der Waals surface area contributed by atoms with Gasteiger partial charge < -0.3 is 15.0 Å². The second-order valence-corrected chi connectivity index (χ2v) is 7.33. The Morgan fingerprint density at radius 1 is 1.03 bits per heavy atom. The Morgan fingerprint density at radius 2 is 1.74 bits per heavy atom. The number of amides is 1. The lowest BCUT2D eigenvalue weighted by atomic mass is 10.1. The first kappa shape index (κ1) is 20.0. The van der Waals surface area contributed by atoms with Gasteiger partial charge in [0.1, 0.15) is 17.4 Å². The number of nitriles is 1. The summed E-state index contributed by atoms with van der Waals surface area (Å²) in [4.78, 5) is 12.6. The van der Waals surface area contributed by atoms with Crippen LogP contribution in [0.1, 0.15) is 17.0 Å². The van der Waals surface area contributed by atoms with Crippen LogP contribution in [-0.2, 0) is 4.79 Å². The maximum absolute atomic E-state index is 12.6. The van der Waals surface area contributed by atoms with Gasteiger partial charge in [-0.25, -0.2) is 0 Å². The number of aromatic hydroxyl groups is 1. The third kappa shape index (κ3) is 3.92. The molecule has 0 radical (unpaired) electrons. The number of carbonyl (C=O) groups is 1. The van der Waals surface area contributed by atoms with Crippen LogP contribution in [0.5, 0.6) is 5.75 Å². The van der Waals surface area contributed by atoms with Crippen LogP contribution < -0.4 is 5.32 Å². The van der Waals surface area contributed by atoms with E-state index in [-0.39, 0.29) is 11.3 Å². The normalized spacial score (nSPS) is 11.3. The van der Waals surface area contributed by atoms with Crippen LogP contribution in [0.25, 0.3) is 22.5 Å². The summed E-state index contributed by atoms with van der Waals surface area (Å²) in [5, 5.41) is 23.9. The van der Waals surface area contributed by atoms with E-state index in [4.69, 9.17) is 0 Å². The monoisotopic (exact) mass is 407 g/mol. The summed E-state index contributed by atoms with van der Waals surface area (Å²) in [5.74, 6) is -0.391. The minimum atomic E-state index is -0.497. The van der Waals surface area contributed by atoms with E-state index in [9.17, 15) is 15.2 Å². The lowest BCUT2D eigenvalue weighted by Crippen LogP contribution is -2.13. The van der Waals surface area contributed by atoms with Crippen LogP contribution in [0.15, 0.2) is 78.4 Å². The van der Waals surface area contributed by atoms with Crippen molar-refractivity contribution in [1.29, 1.82) is 5.26 Å². The number of hydrogen-bond donors (Lipinski definition) is 2. The predicted octanol–water partition coefficient (Wildman–Crippen LogP) is 5.50. The van der Waals surface area contributed by atoms with Gasteiger partial charge in [0.2, 0.25) is 0 Å². The highest BCUT2D eigenvalue weighted by Crippen LogP contribution is 2.28. The number of hydrogen-bond acceptors (Lipinski definition) is 3. The van der Waals surface area contributed by atoms with Crippen LogP contribution in [-0.4, -0.2) is 15.6 Å². The van der Waals surface area contributed by atoms with Crippen molar-refractivity contribution in [2.24, 2.45) is 0 Å². The van der Waals surface area contributed by atoms with E-state index in [0.29, 0.717) is 5.69 Å².